The summed E-state index contributed by atoms with van der Waals surface area (Å²) in [5, 5.41) is 0. The maximum atomic E-state index is 11.3. The number of carbonyl (C=O) groups excluding carboxylic acids is 1. The molecule has 0 aliphatic carbocycles. The second-order valence-corrected chi connectivity index (χ2v) is 5.04. The first kappa shape index (κ1) is 11.6. The largest absolute Gasteiger partial charge is 0.338 e. The molecule has 1 aliphatic rings. The van der Waals surface area contributed by atoms with E-state index < -0.39 is 0 Å². The van der Waals surface area contributed by atoms with Gasteiger partial charge in [-0.15, -0.1) is 0 Å². The number of amides is 1. The fourth-order valence-electron chi connectivity index (χ4n) is 1.68. The van der Waals surface area contributed by atoms with Gasteiger partial charge in [0.25, 0.3) is 0 Å². The highest BCUT2D eigenvalue weighted by atomic mass is 32.1. The molecule has 0 aromatic heterocycles. The second-order valence-electron chi connectivity index (χ2n) is 4.73. The highest BCUT2D eigenvalue weighted by Crippen LogP contribution is 2.29. The highest BCUT2D eigenvalue weighted by Gasteiger charge is 2.22. The van der Waals surface area contributed by atoms with Gasteiger partial charge in [0.05, 0.1) is 5.75 Å². The van der Waals surface area contributed by atoms with Gasteiger partial charge in [0.1, 0.15) is 0 Å². The van der Waals surface area contributed by atoms with Gasteiger partial charge in [0, 0.05) is 13.1 Å². The standard InChI is InChI=1S/C11H19NOS/c1-11(2,3)9-4-6-12(7-5-9)10(13)8-14/h4,14H,5-8H2,1-3H3. The Labute approximate surface area is 91.8 Å². The van der Waals surface area contributed by atoms with Gasteiger partial charge < -0.3 is 4.90 Å². The lowest BCUT2D eigenvalue weighted by Gasteiger charge is -2.32. The Morgan fingerprint density at radius 1 is 1.57 bits per heavy atom. The lowest BCUT2D eigenvalue weighted by Crippen LogP contribution is -2.37. The minimum atomic E-state index is 0.137. The zero-order valence-corrected chi connectivity index (χ0v) is 10.1. The lowest BCUT2D eigenvalue weighted by atomic mass is 9.83. The predicted octanol–water partition coefficient (Wildman–Crippen LogP) is 2.12. The molecule has 0 aromatic rings. The number of rotatable bonds is 1. The summed E-state index contributed by atoms with van der Waals surface area (Å²) in [5.74, 6) is 0.455. The SMILES string of the molecule is CC(C)(C)C1=CCN(C(=O)CS)CC1. The van der Waals surface area contributed by atoms with Crippen molar-refractivity contribution in [3.63, 3.8) is 0 Å². The minimum absolute atomic E-state index is 0.137. The van der Waals surface area contributed by atoms with E-state index in [0.29, 0.717) is 5.75 Å². The molecule has 0 atom stereocenters. The Balaban J connectivity index is 2.60. The Morgan fingerprint density at radius 2 is 2.21 bits per heavy atom. The normalized spacial score (nSPS) is 18.0. The molecule has 80 valence electrons. The van der Waals surface area contributed by atoms with Crippen molar-refractivity contribution in [1.29, 1.82) is 0 Å². The van der Waals surface area contributed by atoms with Crippen molar-refractivity contribution in [1.82, 2.24) is 4.90 Å². The van der Waals surface area contributed by atoms with Crippen LogP contribution in [0.15, 0.2) is 11.6 Å². The summed E-state index contributed by atoms with van der Waals surface area (Å²) in [6.45, 7) is 8.26. The molecule has 1 rings (SSSR count). The van der Waals surface area contributed by atoms with Crippen LogP contribution in [0.4, 0.5) is 0 Å². The van der Waals surface area contributed by atoms with Crippen molar-refractivity contribution in [3.05, 3.63) is 11.6 Å². The van der Waals surface area contributed by atoms with Crippen LogP contribution in [-0.4, -0.2) is 29.6 Å². The molecular formula is C11H19NOS. The molecule has 1 amide bonds. The van der Waals surface area contributed by atoms with Gasteiger partial charge in [-0.1, -0.05) is 32.4 Å². The average molecular weight is 213 g/mol. The number of nitrogens with zero attached hydrogens (tertiary/aromatic N) is 1. The molecule has 0 N–H and O–H groups in total. The first-order valence-corrected chi connectivity index (χ1v) is 5.66. The summed E-state index contributed by atoms with van der Waals surface area (Å²) in [4.78, 5) is 13.2. The van der Waals surface area contributed by atoms with Gasteiger partial charge in [0.15, 0.2) is 0 Å². The van der Waals surface area contributed by atoms with E-state index in [9.17, 15) is 4.79 Å². The lowest BCUT2D eigenvalue weighted by molar-refractivity contribution is -0.128. The Hall–Kier alpha value is -0.440. The second kappa shape index (κ2) is 4.39. The van der Waals surface area contributed by atoms with Crippen LogP contribution in [0.5, 0.6) is 0 Å². The fourth-order valence-corrected chi connectivity index (χ4v) is 1.88. The monoisotopic (exact) mass is 213 g/mol. The number of hydrogen-bond donors (Lipinski definition) is 1. The molecular weight excluding hydrogens is 194 g/mol. The molecule has 0 unspecified atom stereocenters. The predicted molar refractivity (Wildman–Crippen MR) is 62.6 cm³/mol. The van der Waals surface area contributed by atoms with Gasteiger partial charge in [-0.3, -0.25) is 4.79 Å². The van der Waals surface area contributed by atoms with E-state index >= 15 is 0 Å². The van der Waals surface area contributed by atoms with E-state index in [1.807, 2.05) is 4.90 Å². The third-order valence-electron chi connectivity index (χ3n) is 2.66. The Morgan fingerprint density at radius 3 is 2.57 bits per heavy atom. The van der Waals surface area contributed by atoms with Crippen LogP contribution in [0.1, 0.15) is 27.2 Å². The number of carbonyl (C=O) groups is 1. The van der Waals surface area contributed by atoms with Gasteiger partial charge in [-0.05, 0) is 11.8 Å². The van der Waals surface area contributed by atoms with Crippen molar-refractivity contribution >= 4 is 18.5 Å². The third-order valence-corrected chi connectivity index (χ3v) is 2.93. The first-order valence-electron chi connectivity index (χ1n) is 5.03. The summed E-state index contributed by atoms with van der Waals surface area (Å²) in [5.41, 5.74) is 1.71. The molecule has 0 radical (unpaired) electrons. The van der Waals surface area contributed by atoms with E-state index in [2.05, 4.69) is 39.5 Å². The quantitative estimate of drug-likeness (QED) is 0.522. The van der Waals surface area contributed by atoms with E-state index in [1.165, 1.54) is 5.57 Å². The van der Waals surface area contributed by atoms with E-state index in [-0.39, 0.29) is 11.3 Å². The molecule has 14 heavy (non-hydrogen) atoms. The van der Waals surface area contributed by atoms with Crippen molar-refractivity contribution in [2.24, 2.45) is 5.41 Å². The maximum Gasteiger partial charge on any atom is 0.232 e. The van der Waals surface area contributed by atoms with E-state index in [0.717, 1.165) is 19.5 Å². The molecule has 0 spiro atoms. The van der Waals surface area contributed by atoms with Gasteiger partial charge >= 0.3 is 0 Å². The van der Waals surface area contributed by atoms with Gasteiger partial charge in [-0.2, -0.15) is 12.6 Å². The zero-order valence-electron chi connectivity index (χ0n) is 9.21. The van der Waals surface area contributed by atoms with E-state index in [1.54, 1.807) is 0 Å². The maximum absolute atomic E-state index is 11.3. The average Bonchev–Trinajstić information content (AvgIpc) is 2.15. The molecule has 0 saturated heterocycles. The topological polar surface area (TPSA) is 20.3 Å². The molecule has 0 bridgehead atoms. The Bertz CT molecular complexity index is 253. The first-order chi connectivity index (χ1) is 6.45. The van der Waals surface area contributed by atoms with Gasteiger partial charge in [0.2, 0.25) is 5.91 Å². The zero-order chi connectivity index (χ0) is 10.8. The molecule has 1 heterocycles. The Kier molecular flexibility index (Phi) is 3.65. The molecule has 0 fully saturated rings. The van der Waals surface area contributed by atoms with Crippen LogP contribution in [0.25, 0.3) is 0 Å². The number of hydrogen-bond acceptors (Lipinski definition) is 2. The fraction of sp³-hybridized carbons (Fsp3) is 0.727. The van der Waals surface area contributed by atoms with Crippen molar-refractivity contribution in [3.8, 4) is 0 Å². The third kappa shape index (κ3) is 2.77. The molecule has 1 aliphatic heterocycles. The molecule has 0 aromatic carbocycles. The summed E-state index contributed by atoms with van der Waals surface area (Å²) in [6.07, 6.45) is 3.19. The van der Waals surface area contributed by atoms with Crippen molar-refractivity contribution in [2.45, 2.75) is 27.2 Å². The summed E-state index contributed by atoms with van der Waals surface area (Å²) in [7, 11) is 0. The van der Waals surface area contributed by atoms with Crippen LogP contribution in [0, 0.1) is 5.41 Å². The molecule has 3 heteroatoms. The number of thiol groups is 1. The molecule has 2 nitrogen and oxygen atoms in total. The molecule has 0 saturated carbocycles. The van der Waals surface area contributed by atoms with Crippen molar-refractivity contribution in [2.75, 3.05) is 18.8 Å². The van der Waals surface area contributed by atoms with Crippen LogP contribution < -0.4 is 0 Å². The van der Waals surface area contributed by atoms with Crippen LogP contribution >= 0.6 is 12.6 Å². The smallest absolute Gasteiger partial charge is 0.232 e. The van der Waals surface area contributed by atoms with Crippen LogP contribution in [0.3, 0.4) is 0 Å². The highest BCUT2D eigenvalue weighted by molar-refractivity contribution is 7.81. The van der Waals surface area contributed by atoms with E-state index in [4.69, 9.17) is 0 Å². The van der Waals surface area contributed by atoms with Crippen molar-refractivity contribution < 1.29 is 4.79 Å². The summed E-state index contributed by atoms with van der Waals surface area (Å²) >= 11 is 3.99. The van der Waals surface area contributed by atoms with Gasteiger partial charge in [-0.25, -0.2) is 0 Å². The van der Waals surface area contributed by atoms with Crippen LogP contribution in [-0.2, 0) is 4.79 Å². The summed E-state index contributed by atoms with van der Waals surface area (Å²) in [6, 6.07) is 0. The van der Waals surface area contributed by atoms with Crippen LogP contribution in [0.2, 0.25) is 0 Å². The summed E-state index contributed by atoms with van der Waals surface area (Å²) < 4.78 is 0. The minimum Gasteiger partial charge on any atom is -0.338 e.